The number of aryl methyl sites for hydroxylation is 2. The van der Waals surface area contributed by atoms with E-state index in [0.717, 1.165) is 64.8 Å². The monoisotopic (exact) mass is 401 g/mol. The van der Waals surface area contributed by atoms with E-state index in [-0.39, 0.29) is 6.61 Å². The normalized spacial score (nSPS) is 11.3. The highest BCUT2D eigenvalue weighted by molar-refractivity contribution is 5.91. The number of fused-ring (bicyclic) bond motifs is 1. The Morgan fingerprint density at radius 3 is 2.53 bits per heavy atom. The highest BCUT2D eigenvalue weighted by atomic mass is 16.2. The zero-order valence-electron chi connectivity index (χ0n) is 17.3. The predicted octanol–water partition coefficient (Wildman–Crippen LogP) is 4.54. The summed E-state index contributed by atoms with van der Waals surface area (Å²) < 4.78 is 1.83. The van der Waals surface area contributed by atoms with Gasteiger partial charge in [0.1, 0.15) is 0 Å². The lowest BCUT2D eigenvalue weighted by Crippen LogP contribution is -2.06. The van der Waals surface area contributed by atoms with Gasteiger partial charge in [0.25, 0.3) is 0 Å². The Bertz CT molecular complexity index is 1110. The van der Waals surface area contributed by atoms with E-state index in [1.54, 1.807) is 0 Å². The van der Waals surface area contributed by atoms with Gasteiger partial charge in [0, 0.05) is 12.0 Å². The molecule has 0 spiro atoms. The molecule has 0 atom stereocenters. The Morgan fingerprint density at radius 2 is 1.73 bits per heavy atom. The first kappa shape index (κ1) is 20.2. The van der Waals surface area contributed by atoms with Crippen molar-refractivity contribution in [1.29, 1.82) is 0 Å². The lowest BCUT2D eigenvalue weighted by atomic mass is 10.0. The van der Waals surface area contributed by atoms with Crippen molar-refractivity contribution in [3.63, 3.8) is 0 Å². The van der Waals surface area contributed by atoms with Crippen molar-refractivity contribution in [2.75, 3.05) is 6.61 Å². The fourth-order valence-corrected chi connectivity index (χ4v) is 3.69. The molecule has 0 amide bonds. The molecule has 0 bridgehead atoms. The number of aliphatic hydroxyl groups is 1. The van der Waals surface area contributed by atoms with Gasteiger partial charge in [-0.3, -0.25) is 0 Å². The van der Waals surface area contributed by atoms with Crippen LogP contribution in [0.3, 0.4) is 0 Å². The highest BCUT2D eigenvalue weighted by Gasteiger charge is 2.16. The maximum Gasteiger partial charge on any atom is 0.0992 e. The molecule has 154 valence electrons. The highest BCUT2D eigenvalue weighted by Crippen LogP contribution is 2.29. The summed E-state index contributed by atoms with van der Waals surface area (Å²) in [7, 11) is 0. The molecule has 6 nitrogen and oxygen atoms in total. The standard InChI is InChI=1S/C24H27N5O/c1-2-3-5-12-23-24(29-17-20(25-28-29)11-8-15-30)21-16-19(13-14-22(21)26-27-23)18-9-6-4-7-10-18/h4,6-7,9-10,13-14,16-17,30H,2-3,5,8,11-12,15H2,1H3. The molecule has 4 rings (SSSR count). The predicted molar refractivity (Wildman–Crippen MR) is 119 cm³/mol. The number of aromatic nitrogens is 5. The third-order valence-electron chi connectivity index (χ3n) is 5.29. The van der Waals surface area contributed by atoms with E-state index in [9.17, 15) is 0 Å². The van der Waals surface area contributed by atoms with Crippen molar-refractivity contribution in [1.82, 2.24) is 25.2 Å². The van der Waals surface area contributed by atoms with Gasteiger partial charge in [-0.2, -0.15) is 10.2 Å². The number of hydrogen-bond acceptors (Lipinski definition) is 5. The quantitative estimate of drug-likeness (QED) is 0.417. The summed E-state index contributed by atoms with van der Waals surface area (Å²) in [5, 5.41) is 27.9. The summed E-state index contributed by atoms with van der Waals surface area (Å²) in [5.74, 6) is 0. The Balaban J connectivity index is 1.83. The Kier molecular flexibility index (Phi) is 6.44. The molecule has 0 aliphatic heterocycles. The molecule has 0 aliphatic carbocycles. The lowest BCUT2D eigenvalue weighted by molar-refractivity contribution is 0.288. The Labute approximate surface area is 176 Å². The van der Waals surface area contributed by atoms with Crippen LogP contribution in [0.2, 0.25) is 0 Å². The zero-order valence-corrected chi connectivity index (χ0v) is 17.3. The first-order chi connectivity index (χ1) is 14.8. The molecule has 0 radical (unpaired) electrons. The van der Waals surface area contributed by atoms with E-state index >= 15 is 0 Å². The van der Waals surface area contributed by atoms with Crippen molar-refractivity contribution in [2.24, 2.45) is 0 Å². The maximum atomic E-state index is 9.12. The van der Waals surface area contributed by atoms with Crippen LogP contribution in [-0.2, 0) is 12.8 Å². The van der Waals surface area contributed by atoms with Crippen LogP contribution < -0.4 is 0 Å². The van der Waals surface area contributed by atoms with E-state index in [1.807, 2.05) is 35.1 Å². The van der Waals surface area contributed by atoms with Crippen LogP contribution in [0.4, 0.5) is 0 Å². The third kappa shape index (κ3) is 4.39. The minimum atomic E-state index is 0.148. The number of unbranched alkanes of at least 4 members (excludes halogenated alkanes) is 2. The Morgan fingerprint density at radius 1 is 0.867 bits per heavy atom. The molecule has 0 saturated heterocycles. The molecule has 1 N–H and O–H groups in total. The third-order valence-corrected chi connectivity index (χ3v) is 5.29. The van der Waals surface area contributed by atoms with E-state index in [4.69, 9.17) is 5.11 Å². The molecular weight excluding hydrogens is 374 g/mol. The van der Waals surface area contributed by atoms with Crippen molar-refractivity contribution in [3.8, 4) is 16.8 Å². The van der Waals surface area contributed by atoms with Gasteiger partial charge in [-0.05, 0) is 48.9 Å². The number of benzene rings is 2. The SMILES string of the molecule is CCCCCc1nnc2ccc(-c3ccccc3)cc2c1-n1cc(CCCO)nn1. The van der Waals surface area contributed by atoms with Crippen LogP contribution in [0.15, 0.2) is 54.7 Å². The molecule has 0 aliphatic rings. The topological polar surface area (TPSA) is 76.7 Å². The fraction of sp³-hybridized carbons (Fsp3) is 0.333. The van der Waals surface area contributed by atoms with Crippen molar-refractivity contribution < 1.29 is 5.11 Å². The second-order valence-electron chi connectivity index (χ2n) is 7.53. The second-order valence-corrected chi connectivity index (χ2v) is 7.53. The average Bonchev–Trinajstić information content (AvgIpc) is 3.26. The van der Waals surface area contributed by atoms with E-state index < -0.39 is 0 Å². The largest absolute Gasteiger partial charge is 0.396 e. The number of aliphatic hydroxyl groups excluding tert-OH is 1. The lowest BCUT2D eigenvalue weighted by Gasteiger charge is -2.12. The van der Waals surface area contributed by atoms with E-state index in [2.05, 4.69) is 51.7 Å². The fourth-order valence-electron chi connectivity index (χ4n) is 3.69. The van der Waals surface area contributed by atoms with Crippen molar-refractivity contribution in [3.05, 3.63) is 66.1 Å². The molecule has 30 heavy (non-hydrogen) atoms. The Hall–Kier alpha value is -3.12. The number of nitrogens with zero attached hydrogens (tertiary/aromatic N) is 5. The maximum absolute atomic E-state index is 9.12. The van der Waals surface area contributed by atoms with Crippen LogP contribution in [0, 0.1) is 0 Å². The molecule has 4 aromatic rings. The summed E-state index contributed by atoms with van der Waals surface area (Å²) in [4.78, 5) is 0. The summed E-state index contributed by atoms with van der Waals surface area (Å²) >= 11 is 0. The summed E-state index contributed by atoms with van der Waals surface area (Å²) in [6.45, 7) is 2.35. The molecule has 2 aromatic heterocycles. The first-order valence-electron chi connectivity index (χ1n) is 10.7. The van der Waals surface area contributed by atoms with Crippen LogP contribution in [0.5, 0.6) is 0 Å². The van der Waals surface area contributed by atoms with Crippen molar-refractivity contribution >= 4 is 10.9 Å². The number of hydrogen-bond donors (Lipinski definition) is 1. The molecule has 2 heterocycles. The molecule has 0 unspecified atom stereocenters. The van der Waals surface area contributed by atoms with Gasteiger partial charge in [0.05, 0.1) is 28.8 Å². The molecule has 0 fully saturated rings. The second kappa shape index (κ2) is 9.59. The van der Waals surface area contributed by atoms with E-state index in [1.165, 1.54) is 0 Å². The smallest absolute Gasteiger partial charge is 0.0992 e. The van der Waals surface area contributed by atoms with Crippen molar-refractivity contribution in [2.45, 2.75) is 45.4 Å². The van der Waals surface area contributed by atoms with Gasteiger partial charge in [-0.25, -0.2) is 4.68 Å². The first-order valence-corrected chi connectivity index (χ1v) is 10.7. The van der Waals surface area contributed by atoms with Crippen LogP contribution >= 0.6 is 0 Å². The minimum absolute atomic E-state index is 0.148. The summed E-state index contributed by atoms with van der Waals surface area (Å²) in [6.07, 6.45) is 7.56. The number of rotatable bonds is 9. The van der Waals surface area contributed by atoms with Gasteiger partial charge in [-0.15, -0.1) is 5.10 Å². The van der Waals surface area contributed by atoms with E-state index in [0.29, 0.717) is 12.8 Å². The molecule has 2 aromatic carbocycles. The summed E-state index contributed by atoms with van der Waals surface area (Å²) in [5.41, 5.74) is 5.91. The van der Waals surface area contributed by atoms with Crippen LogP contribution in [0.1, 0.15) is 44.0 Å². The van der Waals surface area contributed by atoms with Gasteiger partial charge >= 0.3 is 0 Å². The molecular formula is C24H27N5O. The molecule has 0 saturated carbocycles. The van der Waals surface area contributed by atoms with Gasteiger partial charge in [-0.1, -0.05) is 61.4 Å². The average molecular weight is 402 g/mol. The van der Waals surface area contributed by atoms with Crippen LogP contribution in [0.25, 0.3) is 27.7 Å². The van der Waals surface area contributed by atoms with Gasteiger partial charge < -0.3 is 5.11 Å². The molecule has 6 heteroatoms. The van der Waals surface area contributed by atoms with Gasteiger partial charge in [0.15, 0.2) is 0 Å². The zero-order chi connectivity index (χ0) is 20.8. The van der Waals surface area contributed by atoms with Gasteiger partial charge in [0.2, 0.25) is 0 Å². The minimum Gasteiger partial charge on any atom is -0.396 e. The summed E-state index contributed by atoms with van der Waals surface area (Å²) in [6, 6.07) is 16.6. The van der Waals surface area contributed by atoms with Crippen LogP contribution in [-0.4, -0.2) is 36.9 Å².